The first-order chi connectivity index (χ1) is 6.68. The molecule has 2 heterocycles. The summed E-state index contributed by atoms with van der Waals surface area (Å²) in [5.41, 5.74) is 1.15. The second-order valence-electron chi connectivity index (χ2n) is 3.20. The predicted octanol–water partition coefficient (Wildman–Crippen LogP) is 0.344. The van der Waals surface area contributed by atoms with Crippen molar-refractivity contribution in [3.05, 3.63) is 21.9 Å². The summed E-state index contributed by atoms with van der Waals surface area (Å²) >= 11 is 1.59. The summed E-state index contributed by atoms with van der Waals surface area (Å²) in [4.78, 5) is 23.1. The third-order valence-electron chi connectivity index (χ3n) is 2.20. The number of rotatable bonds is 1. The fraction of sp³-hybridized carbons (Fsp3) is 0.333. The van der Waals surface area contributed by atoms with Crippen molar-refractivity contribution in [3.8, 4) is 0 Å². The zero-order chi connectivity index (χ0) is 10.1. The molecule has 2 rings (SSSR count). The molecule has 1 atom stereocenters. The standard InChI is InChI=1S/C9H10N2O2S/c1-5-2-3-14-7(5)6-4-10-8(12)9(13)11-6/h2-3,6H,4H2,1H3,(H,10,12)(H,11,13). The topological polar surface area (TPSA) is 58.2 Å². The minimum Gasteiger partial charge on any atom is -0.345 e. The highest BCUT2D eigenvalue weighted by Gasteiger charge is 2.27. The lowest BCUT2D eigenvalue weighted by Crippen LogP contribution is -2.51. The summed E-state index contributed by atoms with van der Waals surface area (Å²) in [6, 6.07) is 1.93. The average molecular weight is 210 g/mol. The highest BCUT2D eigenvalue weighted by molar-refractivity contribution is 7.10. The first-order valence-electron chi connectivity index (χ1n) is 4.31. The minimum absolute atomic E-state index is 0.0693. The van der Waals surface area contributed by atoms with Crippen LogP contribution < -0.4 is 10.6 Å². The van der Waals surface area contributed by atoms with E-state index in [2.05, 4.69) is 10.6 Å². The Kier molecular flexibility index (Phi) is 2.25. The Balaban J connectivity index is 2.18. The van der Waals surface area contributed by atoms with E-state index in [1.165, 1.54) is 0 Å². The second kappa shape index (κ2) is 3.42. The van der Waals surface area contributed by atoms with Crippen LogP contribution in [-0.4, -0.2) is 18.4 Å². The highest BCUT2D eigenvalue weighted by Crippen LogP contribution is 2.24. The van der Waals surface area contributed by atoms with Crippen LogP contribution in [0.25, 0.3) is 0 Å². The van der Waals surface area contributed by atoms with E-state index >= 15 is 0 Å². The van der Waals surface area contributed by atoms with Crippen LogP contribution >= 0.6 is 11.3 Å². The molecule has 5 heteroatoms. The molecule has 0 radical (unpaired) electrons. The maximum Gasteiger partial charge on any atom is 0.309 e. The largest absolute Gasteiger partial charge is 0.345 e. The van der Waals surface area contributed by atoms with Crippen molar-refractivity contribution in [2.24, 2.45) is 0 Å². The molecule has 1 saturated heterocycles. The number of piperazine rings is 1. The lowest BCUT2D eigenvalue weighted by Gasteiger charge is -2.23. The van der Waals surface area contributed by atoms with Crippen LogP contribution in [0.15, 0.2) is 11.4 Å². The number of thiophene rings is 1. The molecule has 4 nitrogen and oxygen atoms in total. The molecule has 74 valence electrons. The zero-order valence-electron chi connectivity index (χ0n) is 7.66. The molecule has 0 aromatic carbocycles. The molecule has 0 spiro atoms. The van der Waals surface area contributed by atoms with Gasteiger partial charge in [0, 0.05) is 11.4 Å². The molecule has 1 aliphatic rings. The van der Waals surface area contributed by atoms with Gasteiger partial charge in [0.15, 0.2) is 0 Å². The van der Waals surface area contributed by atoms with E-state index < -0.39 is 11.8 Å². The Morgan fingerprint density at radius 2 is 2.21 bits per heavy atom. The zero-order valence-corrected chi connectivity index (χ0v) is 8.48. The summed E-state index contributed by atoms with van der Waals surface area (Å²) in [5, 5.41) is 7.20. The molecule has 1 aromatic heterocycles. The fourth-order valence-corrected chi connectivity index (χ4v) is 2.43. The van der Waals surface area contributed by atoms with Gasteiger partial charge in [-0.1, -0.05) is 0 Å². The van der Waals surface area contributed by atoms with E-state index in [4.69, 9.17) is 0 Å². The lowest BCUT2D eigenvalue weighted by atomic mass is 10.1. The highest BCUT2D eigenvalue weighted by atomic mass is 32.1. The van der Waals surface area contributed by atoms with Crippen LogP contribution in [0.2, 0.25) is 0 Å². The Bertz CT molecular complexity index is 386. The Morgan fingerprint density at radius 3 is 2.79 bits per heavy atom. The molecular weight excluding hydrogens is 200 g/mol. The van der Waals surface area contributed by atoms with Crippen LogP contribution in [0.3, 0.4) is 0 Å². The molecule has 0 bridgehead atoms. The Morgan fingerprint density at radius 1 is 1.43 bits per heavy atom. The Hall–Kier alpha value is -1.36. The SMILES string of the molecule is Cc1ccsc1C1CNC(=O)C(=O)N1. The van der Waals surface area contributed by atoms with Gasteiger partial charge in [-0.05, 0) is 23.9 Å². The van der Waals surface area contributed by atoms with Crippen LogP contribution in [0, 0.1) is 6.92 Å². The number of carbonyl (C=O) groups excluding carboxylic acids is 2. The molecular formula is C9H10N2O2S. The molecule has 2 N–H and O–H groups in total. The van der Waals surface area contributed by atoms with Crippen molar-refractivity contribution in [3.63, 3.8) is 0 Å². The van der Waals surface area contributed by atoms with Crippen molar-refractivity contribution in [2.45, 2.75) is 13.0 Å². The van der Waals surface area contributed by atoms with E-state index in [1.54, 1.807) is 11.3 Å². The molecule has 1 aromatic rings. The maximum atomic E-state index is 11.1. The number of hydrogen-bond acceptors (Lipinski definition) is 3. The molecule has 1 unspecified atom stereocenters. The first kappa shape index (κ1) is 9.21. The van der Waals surface area contributed by atoms with Crippen LogP contribution in [-0.2, 0) is 9.59 Å². The van der Waals surface area contributed by atoms with Crippen LogP contribution in [0.4, 0.5) is 0 Å². The van der Waals surface area contributed by atoms with Gasteiger partial charge in [0.05, 0.1) is 6.04 Å². The van der Waals surface area contributed by atoms with Crippen molar-refractivity contribution in [2.75, 3.05) is 6.54 Å². The number of carbonyl (C=O) groups is 2. The van der Waals surface area contributed by atoms with Crippen LogP contribution in [0.5, 0.6) is 0 Å². The van der Waals surface area contributed by atoms with Gasteiger partial charge in [0.1, 0.15) is 0 Å². The van der Waals surface area contributed by atoms with E-state index in [-0.39, 0.29) is 6.04 Å². The summed E-state index contributed by atoms with van der Waals surface area (Å²) in [7, 11) is 0. The van der Waals surface area contributed by atoms with Gasteiger partial charge in [0.25, 0.3) is 0 Å². The molecule has 1 aliphatic heterocycles. The molecule has 0 aliphatic carbocycles. The van der Waals surface area contributed by atoms with Crippen molar-refractivity contribution < 1.29 is 9.59 Å². The monoisotopic (exact) mass is 210 g/mol. The minimum atomic E-state index is -0.547. The number of amides is 2. The quantitative estimate of drug-likeness (QED) is 0.657. The second-order valence-corrected chi connectivity index (χ2v) is 4.15. The third kappa shape index (κ3) is 1.50. The average Bonchev–Trinajstić information content (AvgIpc) is 2.57. The maximum absolute atomic E-state index is 11.1. The normalized spacial score (nSPS) is 21.6. The van der Waals surface area contributed by atoms with Gasteiger partial charge >= 0.3 is 11.8 Å². The van der Waals surface area contributed by atoms with Crippen molar-refractivity contribution in [1.29, 1.82) is 0 Å². The summed E-state index contributed by atoms with van der Waals surface area (Å²) in [5.74, 6) is -1.09. The predicted molar refractivity (Wildman–Crippen MR) is 52.9 cm³/mol. The third-order valence-corrected chi connectivity index (χ3v) is 3.33. The van der Waals surface area contributed by atoms with Crippen molar-refractivity contribution >= 4 is 23.2 Å². The summed E-state index contributed by atoms with van der Waals surface area (Å²) in [6.07, 6.45) is 0. The Labute approximate surface area is 85.3 Å². The molecule has 0 saturated carbocycles. The summed E-state index contributed by atoms with van der Waals surface area (Å²) < 4.78 is 0. The number of hydrogen-bond donors (Lipinski definition) is 2. The van der Waals surface area contributed by atoms with Gasteiger partial charge in [-0.2, -0.15) is 0 Å². The van der Waals surface area contributed by atoms with Gasteiger partial charge in [0.2, 0.25) is 0 Å². The number of nitrogens with one attached hydrogen (secondary N) is 2. The van der Waals surface area contributed by atoms with E-state index in [1.807, 2.05) is 18.4 Å². The van der Waals surface area contributed by atoms with E-state index in [9.17, 15) is 9.59 Å². The van der Waals surface area contributed by atoms with E-state index in [0.717, 1.165) is 10.4 Å². The lowest BCUT2D eigenvalue weighted by molar-refractivity contribution is -0.141. The number of aryl methyl sites for hydroxylation is 1. The van der Waals surface area contributed by atoms with Gasteiger partial charge < -0.3 is 10.6 Å². The van der Waals surface area contributed by atoms with E-state index in [0.29, 0.717) is 6.54 Å². The fourth-order valence-electron chi connectivity index (χ4n) is 1.45. The summed E-state index contributed by atoms with van der Waals surface area (Å²) in [6.45, 7) is 2.47. The van der Waals surface area contributed by atoms with Crippen molar-refractivity contribution in [1.82, 2.24) is 10.6 Å². The molecule has 1 fully saturated rings. The van der Waals surface area contributed by atoms with Gasteiger partial charge in [-0.3, -0.25) is 9.59 Å². The van der Waals surface area contributed by atoms with Crippen LogP contribution in [0.1, 0.15) is 16.5 Å². The van der Waals surface area contributed by atoms with Gasteiger partial charge in [-0.15, -0.1) is 11.3 Å². The first-order valence-corrected chi connectivity index (χ1v) is 5.19. The molecule has 2 amide bonds. The smallest absolute Gasteiger partial charge is 0.309 e. The van der Waals surface area contributed by atoms with Gasteiger partial charge in [-0.25, -0.2) is 0 Å². The molecule has 14 heavy (non-hydrogen) atoms.